The normalized spacial score (nSPS) is 51.3. The van der Waals surface area contributed by atoms with E-state index in [1.54, 1.807) is 0 Å². The van der Waals surface area contributed by atoms with Crippen molar-refractivity contribution in [1.82, 2.24) is 0 Å². The van der Waals surface area contributed by atoms with E-state index < -0.39 is 22.6 Å². The van der Waals surface area contributed by atoms with Crippen molar-refractivity contribution in [3.63, 3.8) is 0 Å². The maximum absolute atomic E-state index is 12.9. The number of esters is 2. The summed E-state index contributed by atoms with van der Waals surface area (Å²) in [4.78, 5) is 37.9. The second-order valence-corrected chi connectivity index (χ2v) is 11.4. The molecule has 0 aromatic rings. The summed E-state index contributed by atoms with van der Waals surface area (Å²) >= 11 is 0. The van der Waals surface area contributed by atoms with Gasteiger partial charge in [-0.3, -0.25) is 9.59 Å². The van der Waals surface area contributed by atoms with Crippen LogP contribution in [0, 0.1) is 35.0 Å². The molecule has 4 atom stereocenters. The summed E-state index contributed by atoms with van der Waals surface area (Å²) in [5.41, 5.74) is -1.83. The minimum Gasteiger partial charge on any atom is -0.456 e. The van der Waals surface area contributed by atoms with Gasteiger partial charge in [-0.05, 0) is 82.0 Å². The lowest BCUT2D eigenvalue weighted by Gasteiger charge is -2.59. The van der Waals surface area contributed by atoms with E-state index in [1.165, 1.54) is 0 Å². The van der Waals surface area contributed by atoms with Crippen LogP contribution >= 0.6 is 0 Å². The SMILES string of the molecule is O=C(COC(=O)C12CC3CC(C1)C(=O)C(C3)C2)OC12CC3CC(CC(O)(C3)C1)C2. The summed E-state index contributed by atoms with van der Waals surface area (Å²) in [7, 11) is 0. The monoisotopic (exact) mass is 402 g/mol. The summed E-state index contributed by atoms with van der Waals surface area (Å²) in [6, 6.07) is 0. The Kier molecular flexibility index (Phi) is 3.69. The molecule has 8 rings (SSSR count). The maximum Gasteiger partial charge on any atom is 0.344 e. The molecule has 0 heterocycles. The highest BCUT2D eigenvalue weighted by Crippen LogP contribution is 2.60. The Morgan fingerprint density at radius 1 is 0.897 bits per heavy atom. The van der Waals surface area contributed by atoms with E-state index in [-0.39, 0.29) is 24.4 Å². The van der Waals surface area contributed by atoms with Crippen LogP contribution in [0.3, 0.4) is 0 Å². The maximum atomic E-state index is 12.9. The largest absolute Gasteiger partial charge is 0.456 e. The summed E-state index contributed by atoms with van der Waals surface area (Å²) in [6.07, 6.45) is 8.74. The molecular formula is C23H30O6. The molecule has 0 radical (unpaired) electrons. The van der Waals surface area contributed by atoms with Gasteiger partial charge in [-0.1, -0.05) is 0 Å². The summed E-state index contributed by atoms with van der Waals surface area (Å²) in [5.74, 6) is 0.848. The molecule has 29 heavy (non-hydrogen) atoms. The molecule has 4 unspecified atom stereocenters. The standard InChI is InChI=1S/C23H30O6/c24-18(29-23-7-14-1-15(8-23)6-22(27,5-14)12-23)11-28-20(26)21-4-13-2-16(9-21)19(25)17(3-13)10-21/h13-17,27H,1-12H2. The van der Waals surface area contributed by atoms with Crippen molar-refractivity contribution < 1.29 is 29.0 Å². The Morgan fingerprint density at radius 2 is 1.55 bits per heavy atom. The lowest BCUT2D eigenvalue weighted by molar-refractivity contribution is -0.223. The third kappa shape index (κ3) is 2.81. The van der Waals surface area contributed by atoms with Crippen LogP contribution in [0.1, 0.15) is 70.6 Å². The number of hydrogen-bond acceptors (Lipinski definition) is 6. The van der Waals surface area contributed by atoms with Gasteiger partial charge in [-0.2, -0.15) is 0 Å². The molecule has 1 N–H and O–H groups in total. The van der Waals surface area contributed by atoms with Crippen LogP contribution in [0.25, 0.3) is 0 Å². The molecule has 6 nitrogen and oxygen atoms in total. The van der Waals surface area contributed by atoms with Crippen LogP contribution < -0.4 is 0 Å². The van der Waals surface area contributed by atoms with Gasteiger partial charge in [-0.25, -0.2) is 4.79 Å². The van der Waals surface area contributed by atoms with Gasteiger partial charge in [0.15, 0.2) is 6.61 Å². The summed E-state index contributed by atoms with van der Waals surface area (Å²) in [5, 5.41) is 10.8. The van der Waals surface area contributed by atoms with E-state index in [0.29, 0.717) is 42.8 Å². The van der Waals surface area contributed by atoms with Crippen molar-refractivity contribution in [2.75, 3.05) is 6.61 Å². The first kappa shape index (κ1) is 18.3. The molecule has 6 heteroatoms. The quantitative estimate of drug-likeness (QED) is 0.727. The molecule has 8 saturated carbocycles. The zero-order valence-corrected chi connectivity index (χ0v) is 16.9. The van der Waals surface area contributed by atoms with Gasteiger partial charge < -0.3 is 14.6 Å². The fourth-order valence-corrected chi connectivity index (χ4v) is 8.80. The molecule has 8 aliphatic rings. The zero-order valence-electron chi connectivity index (χ0n) is 16.9. The van der Waals surface area contributed by atoms with Crippen LogP contribution in [-0.2, 0) is 23.9 Å². The van der Waals surface area contributed by atoms with Gasteiger partial charge in [-0.15, -0.1) is 0 Å². The highest BCUT2D eigenvalue weighted by atomic mass is 16.6. The van der Waals surface area contributed by atoms with Crippen LogP contribution in [0.15, 0.2) is 0 Å². The minimum absolute atomic E-state index is 0.00789. The number of ether oxygens (including phenoxy) is 2. The van der Waals surface area contributed by atoms with Gasteiger partial charge in [0.1, 0.15) is 11.4 Å². The first-order valence-corrected chi connectivity index (χ1v) is 11.4. The van der Waals surface area contributed by atoms with Gasteiger partial charge in [0.2, 0.25) is 0 Å². The Labute approximate surface area is 170 Å². The van der Waals surface area contributed by atoms with Crippen LogP contribution in [-0.4, -0.2) is 40.6 Å². The topological polar surface area (TPSA) is 89.9 Å². The lowest BCUT2D eigenvalue weighted by atomic mass is 9.49. The van der Waals surface area contributed by atoms with Crippen molar-refractivity contribution in [2.45, 2.75) is 81.8 Å². The first-order valence-electron chi connectivity index (χ1n) is 11.4. The number of aliphatic hydroxyl groups is 1. The first-order chi connectivity index (χ1) is 13.8. The van der Waals surface area contributed by atoms with Crippen molar-refractivity contribution in [3.8, 4) is 0 Å². The van der Waals surface area contributed by atoms with Crippen molar-refractivity contribution in [2.24, 2.45) is 35.0 Å². The number of ketones is 1. The van der Waals surface area contributed by atoms with Crippen LogP contribution in [0.2, 0.25) is 0 Å². The molecule has 0 spiro atoms. The van der Waals surface area contributed by atoms with E-state index >= 15 is 0 Å². The molecule has 0 aromatic heterocycles. The Hall–Kier alpha value is -1.43. The van der Waals surface area contributed by atoms with Crippen molar-refractivity contribution in [3.05, 3.63) is 0 Å². The van der Waals surface area contributed by atoms with Gasteiger partial charge in [0.05, 0.1) is 11.0 Å². The molecule has 158 valence electrons. The van der Waals surface area contributed by atoms with E-state index in [4.69, 9.17) is 9.47 Å². The number of rotatable bonds is 4. The number of hydrogen-bond donors (Lipinski definition) is 1. The third-order valence-electron chi connectivity index (χ3n) is 9.06. The predicted molar refractivity (Wildman–Crippen MR) is 100 cm³/mol. The zero-order chi connectivity index (χ0) is 20.0. The molecule has 0 aromatic carbocycles. The van der Waals surface area contributed by atoms with E-state index in [2.05, 4.69) is 0 Å². The van der Waals surface area contributed by atoms with Gasteiger partial charge in [0.25, 0.3) is 0 Å². The minimum atomic E-state index is -0.688. The fraction of sp³-hybridized carbons (Fsp3) is 0.870. The predicted octanol–water partition coefficient (Wildman–Crippen LogP) is 2.55. The van der Waals surface area contributed by atoms with Crippen LogP contribution in [0.4, 0.5) is 0 Å². The Morgan fingerprint density at radius 3 is 2.17 bits per heavy atom. The Bertz CT molecular complexity index is 754. The van der Waals surface area contributed by atoms with Gasteiger partial charge in [0, 0.05) is 18.3 Å². The lowest BCUT2D eigenvalue weighted by Crippen LogP contribution is -2.60. The number of Topliss-reactive ketones (excluding diaryl/α,β-unsaturated/α-hetero) is 1. The highest BCUT2D eigenvalue weighted by Gasteiger charge is 2.60. The smallest absolute Gasteiger partial charge is 0.344 e. The summed E-state index contributed by atoms with van der Waals surface area (Å²) < 4.78 is 11.3. The summed E-state index contributed by atoms with van der Waals surface area (Å²) in [6.45, 7) is -0.357. The van der Waals surface area contributed by atoms with Crippen LogP contribution in [0.5, 0.6) is 0 Å². The van der Waals surface area contributed by atoms with E-state index in [1.807, 2.05) is 0 Å². The highest BCUT2D eigenvalue weighted by molar-refractivity contribution is 5.90. The van der Waals surface area contributed by atoms with E-state index in [0.717, 1.165) is 51.4 Å². The second kappa shape index (κ2) is 5.83. The average molecular weight is 402 g/mol. The fourth-order valence-electron chi connectivity index (χ4n) is 8.80. The number of carbonyl (C=O) groups excluding carboxylic acids is 3. The molecule has 8 bridgehead atoms. The van der Waals surface area contributed by atoms with Crippen molar-refractivity contribution in [1.29, 1.82) is 0 Å². The molecule has 8 aliphatic carbocycles. The third-order valence-corrected chi connectivity index (χ3v) is 9.06. The van der Waals surface area contributed by atoms with Gasteiger partial charge >= 0.3 is 11.9 Å². The number of carbonyl (C=O) groups is 3. The molecular weight excluding hydrogens is 372 g/mol. The molecule has 0 aliphatic heterocycles. The molecule has 0 saturated heterocycles. The molecule has 0 amide bonds. The molecule has 8 fully saturated rings. The average Bonchev–Trinajstić information content (AvgIpc) is 2.61. The van der Waals surface area contributed by atoms with E-state index in [9.17, 15) is 19.5 Å². The van der Waals surface area contributed by atoms with Crippen molar-refractivity contribution >= 4 is 17.7 Å². The second-order valence-electron chi connectivity index (χ2n) is 11.4. The Balaban J connectivity index is 1.09.